The van der Waals surface area contributed by atoms with Crippen LogP contribution in [0.15, 0.2) is 23.6 Å². The summed E-state index contributed by atoms with van der Waals surface area (Å²) in [5.41, 5.74) is 1.52. The van der Waals surface area contributed by atoms with Crippen molar-refractivity contribution in [3.8, 4) is 11.3 Å². The molecule has 0 saturated carbocycles. The third-order valence-corrected chi connectivity index (χ3v) is 5.72. The Kier molecular flexibility index (Phi) is 7.49. The molecular weight excluding hydrogens is 407 g/mol. The SMILES string of the molecule is CCOCCC(=O)N(CC1CCCO1)c1nc(-c2ccc(Cl)cc2Cl)cs1. The van der Waals surface area contributed by atoms with Crippen LogP contribution in [0.3, 0.4) is 0 Å². The standard InChI is InChI=1S/C19H22Cl2N2O3S/c1-2-25-9-7-18(24)23(11-14-4-3-8-26-14)19-22-17(12-27-19)15-6-5-13(20)10-16(15)21/h5-6,10,12,14H,2-4,7-9,11H2,1H3. The fourth-order valence-electron chi connectivity index (χ4n) is 2.93. The van der Waals surface area contributed by atoms with E-state index in [-0.39, 0.29) is 12.0 Å². The van der Waals surface area contributed by atoms with Crippen LogP contribution in [0.1, 0.15) is 26.2 Å². The number of thiazole rings is 1. The van der Waals surface area contributed by atoms with Gasteiger partial charge in [-0.2, -0.15) is 0 Å². The number of benzene rings is 1. The Bertz CT molecular complexity index is 778. The second-order valence-electron chi connectivity index (χ2n) is 6.23. The molecule has 1 aromatic heterocycles. The number of amides is 1. The molecule has 27 heavy (non-hydrogen) atoms. The van der Waals surface area contributed by atoms with Gasteiger partial charge in [-0.25, -0.2) is 4.98 Å². The molecule has 0 radical (unpaired) electrons. The van der Waals surface area contributed by atoms with Crippen LogP contribution >= 0.6 is 34.5 Å². The van der Waals surface area contributed by atoms with Crippen molar-refractivity contribution in [3.05, 3.63) is 33.6 Å². The summed E-state index contributed by atoms with van der Waals surface area (Å²) in [6.07, 6.45) is 2.34. The number of hydrogen-bond donors (Lipinski definition) is 0. The number of carbonyl (C=O) groups excluding carboxylic acids is 1. The van der Waals surface area contributed by atoms with E-state index < -0.39 is 0 Å². The molecule has 1 unspecified atom stereocenters. The zero-order valence-corrected chi connectivity index (χ0v) is 17.4. The predicted molar refractivity (Wildman–Crippen MR) is 110 cm³/mol. The highest BCUT2D eigenvalue weighted by atomic mass is 35.5. The molecule has 1 amide bonds. The topological polar surface area (TPSA) is 51.7 Å². The number of carbonyl (C=O) groups is 1. The second kappa shape index (κ2) is 9.85. The first kappa shape index (κ1) is 20.6. The van der Waals surface area contributed by atoms with Gasteiger partial charge in [0.2, 0.25) is 5.91 Å². The number of halogens is 2. The zero-order valence-electron chi connectivity index (χ0n) is 15.1. The Hall–Kier alpha value is -1.18. The molecule has 1 aromatic carbocycles. The van der Waals surface area contributed by atoms with E-state index in [1.165, 1.54) is 11.3 Å². The number of nitrogens with zero attached hydrogens (tertiary/aromatic N) is 2. The first-order valence-electron chi connectivity index (χ1n) is 8.99. The molecule has 0 spiro atoms. The van der Waals surface area contributed by atoms with Crippen LogP contribution in [-0.4, -0.2) is 43.4 Å². The van der Waals surface area contributed by atoms with Gasteiger partial charge in [0.15, 0.2) is 5.13 Å². The van der Waals surface area contributed by atoms with E-state index >= 15 is 0 Å². The second-order valence-corrected chi connectivity index (χ2v) is 7.91. The molecule has 0 bridgehead atoms. The molecule has 1 saturated heterocycles. The molecule has 146 valence electrons. The van der Waals surface area contributed by atoms with Crippen LogP contribution in [-0.2, 0) is 14.3 Å². The van der Waals surface area contributed by atoms with Gasteiger partial charge in [0.05, 0.1) is 36.4 Å². The molecule has 2 aromatic rings. The molecule has 2 heterocycles. The van der Waals surface area contributed by atoms with Gasteiger partial charge in [0.25, 0.3) is 0 Å². The lowest BCUT2D eigenvalue weighted by Crippen LogP contribution is -2.38. The summed E-state index contributed by atoms with van der Waals surface area (Å²) in [5, 5.41) is 3.66. The normalized spacial score (nSPS) is 16.6. The van der Waals surface area contributed by atoms with Crippen molar-refractivity contribution < 1.29 is 14.3 Å². The predicted octanol–water partition coefficient (Wildman–Crippen LogP) is 5.06. The first-order valence-corrected chi connectivity index (χ1v) is 10.6. The average Bonchev–Trinajstić information content (AvgIpc) is 3.31. The molecule has 1 fully saturated rings. The Morgan fingerprint density at radius 1 is 1.44 bits per heavy atom. The largest absolute Gasteiger partial charge is 0.381 e. The van der Waals surface area contributed by atoms with Gasteiger partial charge in [-0.3, -0.25) is 9.69 Å². The van der Waals surface area contributed by atoms with Crippen LogP contribution < -0.4 is 4.90 Å². The average molecular weight is 429 g/mol. The van der Waals surface area contributed by atoms with Crippen molar-refractivity contribution >= 4 is 45.6 Å². The van der Waals surface area contributed by atoms with E-state index in [1.54, 1.807) is 17.0 Å². The van der Waals surface area contributed by atoms with E-state index in [0.717, 1.165) is 30.7 Å². The maximum atomic E-state index is 12.8. The summed E-state index contributed by atoms with van der Waals surface area (Å²) in [6, 6.07) is 5.30. The minimum Gasteiger partial charge on any atom is -0.381 e. The molecule has 8 heteroatoms. The quantitative estimate of drug-likeness (QED) is 0.551. The summed E-state index contributed by atoms with van der Waals surface area (Å²) in [6.45, 7) is 4.16. The lowest BCUT2D eigenvalue weighted by molar-refractivity contribution is -0.120. The minimum atomic E-state index is -0.0120. The molecule has 1 aliphatic rings. The molecule has 1 atom stereocenters. The zero-order chi connectivity index (χ0) is 19.2. The van der Waals surface area contributed by atoms with Crippen LogP contribution in [0.4, 0.5) is 5.13 Å². The molecular formula is C19H22Cl2N2O3S. The number of ether oxygens (including phenoxy) is 2. The molecule has 5 nitrogen and oxygen atoms in total. The van der Waals surface area contributed by atoms with Crippen LogP contribution in [0.5, 0.6) is 0 Å². The Morgan fingerprint density at radius 3 is 3.00 bits per heavy atom. The Balaban J connectivity index is 1.80. The van der Waals surface area contributed by atoms with Gasteiger partial charge in [-0.05, 0) is 38.0 Å². The highest BCUT2D eigenvalue weighted by Gasteiger charge is 2.26. The Morgan fingerprint density at radius 2 is 2.30 bits per heavy atom. The van der Waals surface area contributed by atoms with Gasteiger partial charge < -0.3 is 9.47 Å². The maximum absolute atomic E-state index is 12.8. The third kappa shape index (κ3) is 5.42. The number of aromatic nitrogens is 1. The molecule has 0 N–H and O–H groups in total. The van der Waals surface area contributed by atoms with Crippen molar-refractivity contribution in [2.75, 3.05) is 31.3 Å². The highest BCUT2D eigenvalue weighted by Crippen LogP contribution is 2.34. The van der Waals surface area contributed by atoms with Crippen molar-refractivity contribution in [2.24, 2.45) is 0 Å². The molecule has 0 aliphatic carbocycles. The van der Waals surface area contributed by atoms with Crippen molar-refractivity contribution in [1.29, 1.82) is 0 Å². The van der Waals surface area contributed by atoms with Gasteiger partial charge in [-0.15, -0.1) is 11.3 Å². The minimum absolute atomic E-state index is 0.0120. The molecule has 3 rings (SSSR count). The van der Waals surface area contributed by atoms with Crippen LogP contribution in [0.25, 0.3) is 11.3 Å². The van der Waals surface area contributed by atoms with E-state index in [0.29, 0.717) is 41.4 Å². The third-order valence-electron chi connectivity index (χ3n) is 4.31. The molecule has 1 aliphatic heterocycles. The maximum Gasteiger partial charge on any atom is 0.231 e. The van der Waals surface area contributed by atoms with Gasteiger partial charge in [0, 0.05) is 29.2 Å². The smallest absolute Gasteiger partial charge is 0.231 e. The van der Waals surface area contributed by atoms with Gasteiger partial charge in [0.1, 0.15) is 0 Å². The summed E-state index contributed by atoms with van der Waals surface area (Å²) in [4.78, 5) is 19.2. The van der Waals surface area contributed by atoms with E-state index in [2.05, 4.69) is 4.98 Å². The fourth-order valence-corrected chi connectivity index (χ4v) is 4.28. The summed E-state index contributed by atoms with van der Waals surface area (Å²) in [5.74, 6) is -0.0120. The summed E-state index contributed by atoms with van der Waals surface area (Å²) < 4.78 is 11.1. The number of hydrogen-bond acceptors (Lipinski definition) is 5. The first-order chi connectivity index (χ1) is 13.1. The van der Waals surface area contributed by atoms with Gasteiger partial charge in [-0.1, -0.05) is 23.2 Å². The summed E-state index contributed by atoms with van der Waals surface area (Å²) >= 11 is 13.7. The highest BCUT2D eigenvalue weighted by molar-refractivity contribution is 7.14. The number of rotatable bonds is 8. The Labute approximate surface area is 173 Å². The van der Waals surface area contributed by atoms with Crippen LogP contribution in [0, 0.1) is 0 Å². The van der Waals surface area contributed by atoms with Crippen molar-refractivity contribution in [2.45, 2.75) is 32.3 Å². The van der Waals surface area contributed by atoms with E-state index in [4.69, 9.17) is 32.7 Å². The lowest BCUT2D eigenvalue weighted by Gasteiger charge is -2.23. The van der Waals surface area contributed by atoms with Crippen LogP contribution in [0.2, 0.25) is 10.0 Å². The number of anilines is 1. The van der Waals surface area contributed by atoms with Crippen molar-refractivity contribution in [3.63, 3.8) is 0 Å². The van der Waals surface area contributed by atoms with Crippen molar-refractivity contribution in [1.82, 2.24) is 4.98 Å². The lowest BCUT2D eigenvalue weighted by atomic mass is 10.2. The van der Waals surface area contributed by atoms with E-state index in [9.17, 15) is 4.79 Å². The van der Waals surface area contributed by atoms with Gasteiger partial charge >= 0.3 is 0 Å². The fraction of sp³-hybridized carbons (Fsp3) is 0.474. The summed E-state index contributed by atoms with van der Waals surface area (Å²) in [7, 11) is 0. The van der Waals surface area contributed by atoms with E-state index in [1.807, 2.05) is 18.4 Å². The monoisotopic (exact) mass is 428 g/mol.